The van der Waals surface area contributed by atoms with Crippen molar-refractivity contribution in [3.8, 4) is 0 Å². The summed E-state index contributed by atoms with van der Waals surface area (Å²) in [7, 11) is 1.61. The van der Waals surface area contributed by atoms with E-state index in [-0.39, 0.29) is 12.2 Å². The molecule has 2 atom stereocenters. The standard InChI is InChI=1S/C15H21N3O3/c1-3-20-14(11-7-5-4-6-8-11)15-17-13(21-18-15)9-12(10-16)19-2/h4-8,12,14H,3,9-10,16H2,1-2H3. The van der Waals surface area contributed by atoms with Crippen LogP contribution in [0.1, 0.15) is 30.3 Å². The molecule has 2 N–H and O–H groups in total. The highest BCUT2D eigenvalue weighted by molar-refractivity contribution is 5.22. The van der Waals surface area contributed by atoms with Gasteiger partial charge >= 0.3 is 0 Å². The van der Waals surface area contributed by atoms with E-state index in [4.69, 9.17) is 19.7 Å². The van der Waals surface area contributed by atoms with Crippen LogP contribution in [0.25, 0.3) is 0 Å². The first kappa shape index (κ1) is 15.6. The van der Waals surface area contributed by atoms with Crippen molar-refractivity contribution in [2.75, 3.05) is 20.3 Å². The summed E-state index contributed by atoms with van der Waals surface area (Å²) in [5.41, 5.74) is 6.59. The lowest BCUT2D eigenvalue weighted by atomic mass is 10.1. The third-order valence-corrected chi connectivity index (χ3v) is 3.15. The van der Waals surface area contributed by atoms with Crippen molar-refractivity contribution in [3.05, 3.63) is 47.6 Å². The molecule has 6 nitrogen and oxygen atoms in total. The maximum absolute atomic E-state index is 5.74. The Morgan fingerprint density at radius 3 is 2.67 bits per heavy atom. The van der Waals surface area contributed by atoms with Crippen molar-refractivity contribution in [1.82, 2.24) is 10.1 Å². The Kier molecular flexibility index (Phi) is 5.86. The molecule has 0 aliphatic heterocycles. The molecule has 6 heteroatoms. The van der Waals surface area contributed by atoms with Crippen molar-refractivity contribution < 1.29 is 14.0 Å². The second-order valence-electron chi connectivity index (χ2n) is 4.59. The van der Waals surface area contributed by atoms with Gasteiger partial charge in [-0.3, -0.25) is 0 Å². The molecule has 1 heterocycles. The van der Waals surface area contributed by atoms with E-state index in [1.807, 2.05) is 37.3 Å². The molecule has 21 heavy (non-hydrogen) atoms. The quantitative estimate of drug-likeness (QED) is 0.797. The summed E-state index contributed by atoms with van der Waals surface area (Å²) in [5.74, 6) is 1.02. The fraction of sp³-hybridized carbons (Fsp3) is 0.467. The van der Waals surface area contributed by atoms with Crippen molar-refractivity contribution >= 4 is 0 Å². The van der Waals surface area contributed by atoms with Gasteiger partial charge < -0.3 is 19.7 Å². The molecule has 0 saturated carbocycles. The lowest BCUT2D eigenvalue weighted by Gasteiger charge is -2.13. The third-order valence-electron chi connectivity index (χ3n) is 3.15. The molecule has 0 saturated heterocycles. The van der Waals surface area contributed by atoms with Gasteiger partial charge in [0, 0.05) is 20.3 Å². The van der Waals surface area contributed by atoms with Crippen LogP contribution in [0.4, 0.5) is 0 Å². The number of hydrogen-bond donors (Lipinski definition) is 1. The zero-order valence-electron chi connectivity index (χ0n) is 12.4. The van der Waals surface area contributed by atoms with Crippen LogP contribution in [0, 0.1) is 0 Å². The third kappa shape index (κ3) is 4.10. The largest absolute Gasteiger partial charge is 0.380 e. The minimum atomic E-state index is -0.326. The molecule has 0 spiro atoms. The van der Waals surface area contributed by atoms with E-state index < -0.39 is 0 Å². The Morgan fingerprint density at radius 2 is 2.05 bits per heavy atom. The molecule has 2 aromatic rings. The lowest BCUT2D eigenvalue weighted by Crippen LogP contribution is -2.24. The predicted molar refractivity (Wildman–Crippen MR) is 77.8 cm³/mol. The Morgan fingerprint density at radius 1 is 1.29 bits per heavy atom. The second-order valence-corrected chi connectivity index (χ2v) is 4.59. The Labute approximate surface area is 124 Å². The Balaban J connectivity index is 2.16. The maximum atomic E-state index is 5.74. The number of hydrogen-bond acceptors (Lipinski definition) is 6. The van der Waals surface area contributed by atoms with E-state index >= 15 is 0 Å². The lowest BCUT2D eigenvalue weighted by molar-refractivity contribution is 0.0832. The molecule has 0 aliphatic carbocycles. The molecule has 1 aromatic carbocycles. The van der Waals surface area contributed by atoms with Crippen LogP contribution >= 0.6 is 0 Å². The molecule has 2 rings (SSSR count). The van der Waals surface area contributed by atoms with Gasteiger partial charge in [-0.2, -0.15) is 4.98 Å². The first-order valence-corrected chi connectivity index (χ1v) is 7.00. The fourth-order valence-electron chi connectivity index (χ4n) is 2.03. The van der Waals surface area contributed by atoms with Gasteiger partial charge in [0.25, 0.3) is 0 Å². The zero-order chi connectivity index (χ0) is 15.1. The predicted octanol–water partition coefficient (Wildman–Crippen LogP) is 1.71. The molecule has 2 unspecified atom stereocenters. The van der Waals surface area contributed by atoms with Crippen LogP contribution in [0.5, 0.6) is 0 Å². The summed E-state index contributed by atoms with van der Waals surface area (Å²) in [4.78, 5) is 4.40. The van der Waals surface area contributed by atoms with E-state index in [0.717, 1.165) is 5.56 Å². The van der Waals surface area contributed by atoms with Gasteiger partial charge in [-0.15, -0.1) is 0 Å². The van der Waals surface area contributed by atoms with Crippen molar-refractivity contribution in [1.29, 1.82) is 0 Å². The summed E-state index contributed by atoms with van der Waals surface area (Å²) < 4.78 is 16.2. The molecular formula is C15H21N3O3. The van der Waals surface area contributed by atoms with Crippen LogP contribution in [-0.4, -0.2) is 36.5 Å². The monoisotopic (exact) mass is 291 g/mol. The van der Waals surface area contributed by atoms with Gasteiger partial charge in [0.05, 0.1) is 12.5 Å². The minimum absolute atomic E-state index is 0.124. The van der Waals surface area contributed by atoms with Crippen LogP contribution in [0.2, 0.25) is 0 Å². The highest BCUT2D eigenvalue weighted by atomic mass is 16.5. The molecule has 114 valence electrons. The number of rotatable bonds is 8. The van der Waals surface area contributed by atoms with Crippen molar-refractivity contribution in [2.45, 2.75) is 25.6 Å². The van der Waals surface area contributed by atoms with E-state index in [1.54, 1.807) is 7.11 Å². The highest BCUT2D eigenvalue weighted by Crippen LogP contribution is 2.23. The molecule has 0 amide bonds. The molecule has 1 aromatic heterocycles. The topological polar surface area (TPSA) is 83.4 Å². The summed E-state index contributed by atoms with van der Waals surface area (Å²) in [6, 6.07) is 9.83. The zero-order valence-corrected chi connectivity index (χ0v) is 12.4. The van der Waals surface area contributed by atoms with Gasteiger partial charge in [0.2, 0.25) is 11.7 Å². The summed E-state index contributed by atoms with van der Waals surface area (Å²) >= 11 is 0. The van der Waals surface area contributed by atoms with Crippen LogP contribution in [0.15, 0.2) is 34.9 Å². The molecule has 0 aliphatic rings. The Bertz CT molecular complexity index is 526. The van der Waals surface area contributed by atoms with E-state index in [1.165, 1.54) is 0 Å². The van der Waals surface area contributed by atoms with Crippen molar-refractivity contribution in [3.63, 3.8) is 0 Å². The fourth-order valence-corrected chi connectivity index (χ4v) is 2.03. The van der Waals surface area contributed by atoms with E-state index in [9.17, 15) is 0 Å². The summed E-state index contributed by atoms with van der Waals surface area (Å²) in [6.45, 7) is 2.90. The summed E-state index contributed by atoms with van der Waals surface area (Å²) in [5, 5.41) is 4.03. The smallest absolute Gasteiger partial charge is 0.229 e. The number of benzene rings is 1. The van der Waals surface area contributed by atoms with Gasteiger partial charge in [-0.25, -0.2) is 0 Å². The van der Waals surface area contributed by atoms with E-state index in [0.29, 0.717) is 31.3 Å². The van der Waals surface area contributed by atoms with Crippen molar-refractivity contribution in [2.24, 2.45) is 5.73 Å². The number of nitrogens with two attached hydrogens (primary N) is 1. The average molecular weight is 291 g/mol. The highest BCUT2D eigenvalue weighted by Gasteiger charge is 2.21. The first-order chi connectivity index (χ1) is 10.3. The van der Waals surface area contributed by atoms with Gasteiger partial charge in [-0.05, 0) is 12.5 Å². The van der Waals surface area contributed by atoms with Gasteiger partial charge in [0.15, 0.2) is 0 Å². The average Bonchev–Trinajstić information content (AvgIpc) is 2.99. The van der Waals surface area contributed by atoms with E-state index in [2.05, 4.69) is 10.1 Å². The minimum Gasteiger partial charge on any atom is -0.380 e. The maximum Gasteiger partial charge on any atom is 0.229 e. The SMILES string of the molecule is CCOC(c1ccccc1)c1noc(CC(CN)OC)n1. The summed E-state index contributed by atoms with van der Waals surface area (Å²) in [6.07, 6.45) is 0.0429. The molecular weight excluding hydrogens is 270 g/mol. The molecule has 0 radical (unpaired) electrons. The number of aromatic nitrogens is 2. The number of nitrogens with zero attached hydrogens (tertiary/aromatic N) is 2. The number of methoxy groups -OCH3 is 1. The normalized spacial score (nSPS) is 14.0. The first-order valence-electron chi connectivity index (χ1n) is 7.00. The van der Waals surface area contributed by atoms with Crippen LogP contribution in [-0.2, 0) is 15.9 Å². The second kappa shape index (κ2) is 7.87. The van der Waals surface area contributed by atoms with Gasteiger partial charge in [-0.1, -0.05) is 35.5 Å². The molecule has 0 fully saturated rings. The van der Waals surface area contributed by atoms with Gasteiger partial charge in [0.1, 0.15) is 6.10 Å². The number of ether oxygens (including phenoxy) is 2. The van der Waals surface area contributed by atoms with Crippen LogP contribution < -0.4 is 5.73 Å². The molecule has 0 bridgehead atoms. The Hall–Kier alpha value is -1.76. The van der Waals surface area contributed by atoms with Crippen LogP contribution in [0.3, 0.4) is 0 Å².